The van der Waals surface area contributed by atoms with Gasteiger partial charge in [-0.2, -0.15) is 22.9 Å². The highest BCUT2D eigenvalue weighted by Crippen LogP contribution is 2.35. The quantitative estimate of drug-likeness (QED) is 0.406. The molecule has 0 unspecified atom stereocenters. The standard InChI is InChI=1S/C23H15ClF3N3O3/c1-33-19-10-13(9-17(24)20(19)31)12-28-30-21(14-5-4-6-15(11-14)23(25,26)27)29-18-8-3-2-7-16(18)22(30)32/h2-12,31H,1H3. The molecule has 0 saturated heterocycles. The molecule has 1 N–H and O–H groups in total. The molecule has 0 atom stereocenters. The minimum Gasteiger partial charge on any atom is -0.503 e. The van der Waals surface area contributed by atoms with E-state index in [2.05, 4.69) is 10.1 Å². The molecule has 4 rings (SSSR count). The van der Waals surface area contributed by atoms with Gasteiger partial charge in [-0.3, -0.25) is 4.79 Å². The Bertz CT molecular complexity index is 1450. The first-order valence-electron chi connectivity index (χ1n) is 9.49. The summed E-state index contributed by atoms with van der Waals surface area (Å²) >= 11 is 6.00. The minimum absolute atomic E-state index is 0.00196. The van der Waals surface area contributed by atoms with E-state index in [1.54, 1.807) is 24.3 Å². The predicted molar refractivity (Wildman–Crippen MR) is 119 cm³/mol. The van der Waals surface area contributed by atoms with Gasteiger partial charge in [-0.25, -0.2) is 4.98 Å². The summed E-state index contributed by atoms with van der Waals surface area (Å²) in [6.07, 6.45) is -3.30. The zero-order valence-electron chi connectivity index (χ0n) is 17.0. The van der Waals surface area contributed by atoms with Crippen molar-refractivity contribution in [2.24, 2.45) is 5.10 Å². The Balaban J connectivity index is 1.93. The maximum atomic E-state index is 13.3. The van der Waals surface area contributed by atoms with Gasteiger partial charge < -0.3 is 9.84 Å². The number of halogens is 4. The van der Waals surface area contributed by atoms with Crippen LogP contribution in [-0.2, 0) is 6.18 Å². The van der Waals surface area contributed by atoms with Crippen molar-refractivity contribution in [2.75, 3.05) is 7.11 Å². The van der Waals surface area contributed by atoms with Gasteiger partial charge in [-0.1, -0.05) is 35.9 Å². The second kappa shape index (κ2) is 8.59. The molecule has 10 heteroatoms. The van der Waals surface area contributed by atoms with Crippen molar-refractivity contribution in [3.63, 3.8) is 0 Å². The average molecular weight is 474 g/mol. The molecule has 4 aromatic rings. The Morgan fingerprint density at radius 2 is 1.88 bits per heavy atom. The van der Waals surface area contributed by atoms with E-state index in [1.807, 2.05) is 0 Å². The van der Waals surface area contributed by atoms with Gasteiger partial charge in [0.25, 0.3) is 5.56 Å². The monoisotopic (exact) mass is 473 g/mol. The van der Waals surface area contributed by atoms with E-state index in [9.17, 15) is 23.1 Å². The third kappa shape index (κ3) is 4.40. The van der Waals surface area contributed by atoms with Crippen LogP contribution in [0.5, 0.6) is 11.5 Å². The Labute approximate surface area is 190 Å². The number of aromatic hydroxyl groups is 1. The van der Waals surface area contributed by atoms with Crippen LogP contribution < -0.4 is 10.3 Å². The summed E-state index contributed by atoms with van der Waals surface area (Å²) < 4.78 is 45.8. The number of rotatable bonds is 4. The molecule has 0 fully saturated rings. The molecule has 0 aliphatic heterocycles. The molecule has 168 valence electrons. The lowest BCUT2D eigenvalue weighted by atomic mass is 10.1. The van der Waals surface area contributed by atoms with Crippen LogP contribution in [0.15, 0.2) is 70.6 Å². The Morgan fingerprint density at radius 3 is 2.61 bits per heavy atom. The number of phenols is 1. The first kappa shape index (κ1) is 22.3. The fraction of sp³-hybridized carbons (Fsp3) is 0.0870. The first-order valence-corrected chi connectivity index (χ1v) is 9.87. The fourth-order valence-corrected chi connectivity index (χ4v) is 3.42. The first-order chi connectivity index (χ1) is 15.7. The molecule has 0 spiro atoms. The van der Waals surface area contributed by atoms with Crippen molar-refractivity contribution < 1.29 is 23.0 Å². The van der Waals surface area contributed by atoms with Crippen LogP contribution in [0.1, 0.15) is 11.1 Å². The Morgan fingerprint density at radius 1 is 1.12 bits per heavy atom. The SMILES string of the molecule is COc1cc(C=Nn2c(-c3cccc(C(F)(F)F)c3)nc3ccccc3c2=O)cc(Cl)c1O. The largest absolute Gasteiger partial charge is 0.503 e. The van der Waals surface area contributed by atoms with E-state index in [0.717, 1.165) is 16.8 Å². The van der Waals surface area contributed by atoms with Crippen molar-refractivity contribution in [1.29, 1.82) is 0 Å². The van der Waals surface area contributed by atoms with Gasteiger partial charge in [0.15, 0.2) is 17.3 Å². The number of para-hydroxylation sites is 1. The second-order valence-electron chi connectivity index (χ2n) is 6.95. The molecule has 0 bridgehead atoms. The topological polar surface area (TPSA) is 76.7 Å². The number of hydrogen-bond acceptors (Lipinski definition) is 5. The van der Waals surface area contributed by atoms with Crippen molar-refractivity contribution in [1.82, 2.24) is 9.66 Å². The van der Waals surface area contributed by atoms with Crippen LogP contribution in [0.2, 0.25) is 5.02 Å². The molecule has 1 aromatic heterocycles. The van der Waals surface area contributed by atoms with E-state index in [-0.39, 0.29) is 33.3 Å². The molecular formula is C23H15ClF3N3O3. The highest BCUT2D eigenvalue weighted by Gasteiger charge is 2.31. The highest BCUT2D eigenvalue weighted by molar-refractivity contribution is 6.32. The number of benzene rings is 3. The normalized spacial score (nSPS) is 11.9. The summed E-state index contributed by atoms with van der Waals surface area (Å²) in [4.78, 5) is 17.6. The van der Waals surface area contributed by atoms with Gasteiger partial charge in [0, 0.05) is 5.56 Å². The zero-order valence-corrected chi connectivity index (χ0v) is 17.7. The van der Waals surface area contributed by atoms with E-state index < -0.39 is 17.3 Å². The predicted octanol–water partition coefficient (Wildman–Crippen LogP) is 5.33. The summed E-state index contributed by atoms with van der Waals surface area (Å²) in [5.41, 5.74) is -0.694. The third-order valence-electron chi connectivity index (χ3n) is 4.79. The van der Waals surface area contributed by atoms with E-state index in [4.69, 9.17) is 16.3 Å². The molecule has 33 heavy (non-hydrogen) atoms. The maximum Gasteiger partial charge on any atom is 0.416 e. The van der Waals surface area contributed by atoms with Gasteiger partial charge in [-0.05, 0) is 42.0 Å². The van der Waals surface area contributed by atoms with Gasteiger partial charge in [0.05, 0.1) is 34.8 Å². The zero-order chi connectivity index (χ0) is 23.8. The lowest BCUT2D eigenvalue weighted by Gasteiger charge is -2.12. The molecule has 6 nitrogen and oxygen atoms in total. The van der Waals surface area contributed by atoms with E-state index in [1.165, 1.54) is 37.6 Å². The smallest absolute Gasteiger partial charge is 0.416 e. The number of methoxy groups -OCH3 is 1. The Hall–Kier alpha value is -3.85. The van der Waals surface area contributed by atoms with Gasteiger partial charge in [-0.15, -0.1) is 0 Å². The maximum absolute atomic E-state index is 13.3. The fourth-order valence-electron chi connectivity index (χ4n) is 3.20. The van der Waals surface area contributed by atoms with Crippen LogP contribution in [0.3, 0.4) is 0 Å². The van der Waals surface area contributed by atoms with Crippen molar-refractivity contribution in [3.05, 3.63) is 87.2 Å². The molecule has 0 saturated carbocycles. The minimum atomic E-state index is -4.57. The van der Waals surface area contributed by atoms with Crippen LogP contribution >= 0.6 is 11.6 Å². The van der Waals surface area contributed by atoms with Crippen molar-refractivity contribution in [3.8, 4) is 22.9 Å². The van der Waals surface area contributed by atoms with E-state index >= 15 is 0 Å². The third-order valence-corrected chi connectivity index (χ3v) is 5.08. The number of phenolic OH excluding ortho intramolecular Hbond substituents is 1. The number of alkyl halides is 3. The lowest BCUT2D eigenvalue weighted by molar-refractivity contribution is -0.137. The summed E-state index contributed by atoms with van der Waals surface area (Å²) in [6, 6.07) is 13.8. The molecular weight excluding hydrogens is 459 g/mol. The molecule has 0 radical (unpaired) electrons. The van der Waals surface area contributed by atoms with E-state index in [0.29, 0.717) is 11.1 Å². The van der Waals surface area contributed by atoms with Crippen molar-refractivity contribution >= 4 is 28.7 Å². The molecule has 1 heterocycles. The number of hydrogen-bond donors (Lipinski definition) is 1. The highest BCUT2D eigenvalue weighted by atomic mass is 35.5. The molecule has 3 aromatic carbocycles. The molecule has 0 aliphatic rings. The lowest BCUT2D eigenvalue weighted by Crippen LogP contribution is -2.20. The Kier molecular flexibility index (Phi) is 5.82. The molecule has 0 amide bonds. The number of ether oxygens (including phenoxy) is 1. The summed E-state index contributed by atoms with van der Waals surface area (Å²) in [5, 5.41) is 14.3. The van der Waals surface area contributed by atoms with Crippen LogP contribution in [0.25, 0.3) is 22.3 Å². The van der Waals surface area contributed by atoms with Crippen molar-refractivity contribution in [2.45, 2.75) is 6.18 Å². The van der Waals surface area contributed by atoms with Crippen LogP contribution in [-0.4, -0.2) is 28.1 Å². The summed E-state index contributed by atoms with van der Waals surface area (Å²) in [5.74, 6) is -0.241. The molecule has 0 aliphatic carbocycles. The van der Waals surface area contributed by atoms with Gasteiger partial charge in [0.2, 0.25) is 0 Å². The average Bonchev–Trinajstić information content (AvgIpc) is 2.80. The number of nitrogens with zero attached hydrogens (tertiary/aromatic N) is 3. The van der Waals surface area contributed by atoms with Gasteiger partial charge in [0.1, 0.15) is 0 Å². The number of aromatic nitrogens is 2. The second-order valence-corrected chi connectivity index (χ2v) is 7.35. The number of fused-ring (bicyclic) bond motifs is 1. The van der Waals surface area contributed by atoms with Crippen LogP contribution in [0.4, 0.5) is 13.2 Å². The van der Waals surface area contributed by atoms with Gasteiger partial charge >= 0.3 is 6.18 Å². The summed E-state index contributed by atoms with van der Waals surface area (Å²) in [7, 11) is 1.34. The summed E-state index contributed by atoms with van der Waals surface area (Å²) in [6.45, 7) is 0. The van der Waals surface area contributed by atoms with Crippen LogP contribution in [0, 0.1) is 0 Å².